The Morgan fingerprint density at radius 3 is 2.38 bits per heavy atom. The molecule has 24 heavy (non-hydrogen) atoms. The van der Waals surface area contributed by atoms with Crippen molar-refractivity contribution in [2.75, 3.05) is 0 Å². The number of hydrogen-bond acceptors (Lipinski definition) is 3. The molecule has 0 bridgehead atoms. The SMILES string of the molecule is Cc1ccc(C2(Cn3cccc(C)c3=O)NC(=O)NC2=O)cc1C. The molecule has 1 saturated heterocycles. The minimum Gasteiger partial charge on any atom is -0.318 e. The molecular weight excluding hydrogens is 306 g/mol. The van der Waals surface area contributed by atoms with E-state index in [0.29, 0.717) is 11.1 Å². The lowest BCUT2D eigenvalue weighted by Gasteiger charge is -2.28. The first-order valence-corrected chi connectivity index (χ1v) is 7.71. The molecule has 1 fully saturated rings. The van der Waals surface area contributed by atoms with Crippen molar-refractivity contribution in [3.8, 4) is 0 Å². The van der Waals surface area contributed by atoms with E-state index in [1.165, 1.54) is 4.57 Å². The number of benzene rings is 1. The summed E-state index contributed by atoms with van der Waals surface area (Å²) in [5.74, 6) is -0.454. The van der Waals surface area contributed by atoms with Gasteiger partial charge >= 0.3 is 6.03 Å². The third kappa shape index (κ3) is 2.50. The fraction of sp³-hybridized carbons (Fsp3) is 0.278. The van der Waals surface area contributed by atoms with Crippen LogP contribution in [0.25, 0.3) is 0 Å². The highest BCUT2D eigenvalue weighted by Gasteiger charge is 2.48. The highest BCUT2D eigenvalue weighted by Crippen LogP contribution is 2.28. The average Bonchev–Trinajstić information content (AvgIpc) is 2.81. The van der Waals surface area contributed by atoms with E-state index in [2.05, 4.69) is 10.6 Å². The second kappa shape index (κ2) is 5.63. The maximum absolute atomic E-state index is 12.6. The number of pyridine rings is 1. The van der Waals surface area contributed by atoms with Gasteiger partial charge in [-0.25, -0.2) is 4.79 Å². The summed E-state index contributed by atoms with van der Waals surface area (Å²) >= 11 is 0. The number of carbonyl (C=O) groups excluding carboxylic acids is 2. The average molecular weight is 325 g/mol. The first-order valence-electron chi connectivity index (χ1n) is 7.71. The number of hydrogen-bond donors (Lipinski definition) is 2. The zero-order valence-electron chi connectivity index (χ0n) is 13.8. The third-order valence-electron chi connectivity index (χ3n) is 4.56. The Labute approximate surface area is 139 Å². The van der Waals surface area contributed by atoms with Crippen molar-refractivity contribution in [3.63, 3.8) is 0 Å². The van der Waals surface area contributed by atoms with E-state index in [-0.39, 0.29) is 12.1 Å². The molecule has 2 N–H and O–H groups in total. The standard InChI is InChI=1S/C18H19N3O3/c1-11-6-7-14(9-13(11)3)18(16(23)19-17(24)20-18)10-21-8-4-5-12(2)15(21)22/h4-9H,10H2,1-3H3,(H2,19,20,23,24). The van der Waals surface area contributed by atoms with E-state index in [1.807, 2.05) is 32.0 Å². The van der Waals surface area contributed by atoms with Gasteiger partial charge in [0.1, 0.15) is 0 Å². The first kappa shape index (κ1) is 16.0. The van der Waals surface area contributed by atoms with Crippen molar-refractivity contribution in [1.82, 2.24) is 15.2 Å². The van der Waals surface area contributed by atoms with E-state index in [1.54, 1.807) is 25.3 Å². The van der Waals surface area contributed by atoms with Crippen molar-refractivity contribution in [3.05, 3.63) is 69.1 Å². The van der Waals surface area contributed by atoms with Gasteiger partial charge in [0.15, 0.2) is 5.54 Å². The first-order chi connectivity index (χ1) is 11.3. The number of imide groups is 1. The van der Waals surface area contributed by atoms with Gasteiger partial charge in [0, 0.05) is 11.8 Å². The molecule has 0 saturated carbocycles. The molecule has 1 atom stereocenters. The fourth-order valence-corrected chi connectivity index (χ4v) is 2.94. The molecule has 1 aliphatic rings. The zero-order valence-corrected chi connectivity index (χ0v) is 13.8. The molecule has 1 aliphatic heterocycles. The van der Waals surface area contributed by atoms with Crippen molar-refractivity contribution in [1.29, 1.82) is 0 Å². The second-order valence-electron chi connectivity index (χ2n) is 6.24. The molecule has 3 amide bonds. The lowest BCUT2D eigenvalue weighted by Crippen LogP contribution is -2.49. The van der Waals surface area contributed by atoms with Gasteiger partial charge in [-0.05, 0) is 43.5 Å². The summed E-state index contributed by atoms with van der Waals surface area (Å²) in [6, 6.07) is 8.51. The van der Waals surface area contributed by atoms with Crippen LogP contribution >= 0.6 is 0 Å². The molecule has 1 aromatic heterocycles. The number of amides is 3. The van der Waals surface area contributed by atoms with Crippen LogP contribution in [-0.2, 0) is 16.9 Å². The summed E-state index contributed by atoms with van der Waals surface area (Å²) in [6.07, 6.45) is 1.62. The Kier molecular flexibility index (Phi) is 3.75. The summed E-state index contributed by atoms with van der Waals surface area (Å²) in [6.45, 7) is 5.67. The third-order valence-corrected chi connectivity index (χ3v) is 4.56. The van der Waals surface area contributed by atoms with Gasteiger partial charge in [-0.3, -0.25) is 14.9 Å². The minimum absolute atomic E-state index is 0.0353. The number of aromatic nitrogens is 1. The van der Waals surface area contributed by atoms with Gasteiger partial charge in [0.2, 0.25) is 0 Å². The maximum Gasteiger partial charge on any atom is 0.322 e. The van der Waals surface area contributed by atoms with E-state index in [9.17, 15) is 14.4 Å². The molecule has 6 nitrogen and oxygen atoms in total. The monoisotopic (exact) mass is 325 g/mol. The fourth-order valence-electron chi connectivity index (χ4n) is 2.94. The van der Waals surface area contributed by atoms with Gasteiger partial charge in [-0.15, -0.1) is 0 Å². The summed E-state index contributed by atoms with van der Waals surface area (Å²) < 4.78 is 1.45. The number of nitrogens with one attached hydrogen (secondary N) is 2. The predicted molar refractivity (Wildman–Crippen MR) is 89.7 cm³/mol. The predicted octanol–water partition coefficient (Wildman–Crippen LogP) is 1.51. The van der Waals surface area contributed by atoms with Gasteiger partial charge in [-0.2, -0.15) is 0 Å². The van der Waals surface area contributed by atoms with Gasteiger partial charge in [-0.1, -0.05) is 24.3 Å². The lowest BCUT2D eigenvalue weighted by atomic mass is 9.87. The molecule has 1 aromatic carbocycles. The lowest BCUT2D eigenvalue weighted by molar-refractivity contribution is -0.124. The van der Waals surface area contributed by atoms with E-state index < -0.39 is 17.5 Å². The van der Waals surface area contributed by atoms with Crippen LogP contribution in [0.5, 0.6) is 0 Å². The van der Waals surface area contributed by atoms with E-state index in [4.69, 9.17) is 0 Å². The molecule has 3 rings (SSSR count). The van der Waals surface area contributed by atoms with Crippen LogP contribution in [0, 0.1) is 20.8 Å². The second-order valence-corrected chi connectivity index (χ2v) is 6.24. The maximum atomic E-state index is 12.6. The molecule has 6 heteroatoms. The number of aryl methyl sites for hydroxylation is 3. The molecule has 1 unspecified atom stereocenters. The van der Waals surface area contributed by atoms with Crippen molar-refractivity contribution in [2.24, 2.45) is 0 Å². The summed E-state index contributed by atoms with van der Waals surface area (Å²) in [5.41, 5.74) is 1.85. The van der Waals surface area contributed by atoms with Crippen LogP contribution in [0.3, 0.4) is 0 Å². The van der Waals surface area contributed by atoms with Gasteiger partial charge < -0.3 is 9.88 Å². The number of rotatable bonds is 3. The summed E-state index contributed by atoms with van der Waals surface area (Å²) in [7, 11) is 0. The summed E-state index contributed by atoms with van der Waals surface area (Å²) in [4.78, 5) is 36.8. The molecular formula is C18H19N3O3. The van der Waals surface area contributed by atoms with Crippen LogP contribution in [0.1, 0.15) is 22.3 Å². The smallest absolute Gasteiger partial charge is 0.318 e. The Morgan fingerprint density at radius 1 is 1.00 bits per heavy atom. The minimum atomic E-state index is -1.30. The Morgan fingerprint density at radius 2 is 1.75 bits per heavy atom. The Hall–Kier alpha value is -2.89. The van der Waals surface area contributed by atoms with Crippen LogP contribution in [-0.4, -0.2) is 16.5 Å². The quantitative estimate of drug-likeness (QED) is 0.840. The molecule has 2 aromatic rings. The number of nitrogens with zero attached hydrogens (tertiary/aromatic N) is 1. The van der Waals surface area contributed by atoms with Crippen LogP contribution in [0.15, 0.2) is 41.3 Å². The number of urea groups is 1. The molecule has 2 heterocycles. The van der Waals surface area contributed by atoms with Crippen molar-refractivity contribution < 1.29 is 9.59 Å². The molecule has 124 valence electrons. The molecule has 0 radical (unpaired) electrons. The van der Waals surface area contributed by atoms with Crippen molar-refractivity contribution >= 4 is 11.9 Å². The highest BCUT2D eigenvalue weighted by atomic mass is 16.2. The molecule has 0 spiro atoms. The topological polar surface area (TPSA) is 80.2 Å². The summed E-state index contributed by atoms with van der Waals surface area (Å²) in [5, 5.41) is 5.01. The number of carbonyl (C=O) groups is 2. The van der Waals surface area contributed by atoms with Crippen LogP contribution in [0.2, 0.25) is 0 Å². The Bertz CT molecular complexity index is 901. The van der Waals surface area contributed by atoms with Gasteiger partial charge in [0.25, 0.3) is 11.5 Å². The van der Waals surface area contributed by atoms with Gasteiger partial charge in [0.05, 0.1) is 6.54 Å². The van der Waals surface area contributed by atoms with E-state index >= 15 is 0 Å². The normalized spacial score (nSPS) is 20.0. The van der Waals surface area contributed by atoms with Crippen molar-refractivity contribution in [2.45, 2.75) is 32.9 Å². The zero-order chi connectivity index (χ0) is 17.5. The van der Waals surface area contributed by atoms with Crippen LogP contribution < -0.4 is 16.2 Å². The van der Waals surface area contributed by atoms with Crippen LogP contribution in [0.4, 0.5) is 4.79 Å². The highest BCUT2D eigenvalue weighted by molar-refractivity contribution is 6.07. The largest absolute Gasteiger partial charge is 0.322 e. The molecule has 0 aliphatic carbocycles. The Balaban J connectivity index is 2.15. The van der Waals surface area contributed by atoms with E-state index in [0.717, 1.165) is 11.1 Å².